The van der Waals surface area contributed by atoms with Gasteiger partial charge in [0.25, 0.3) is 0 Å². The van der Waals surface area contributed by atoms with E-state index < -0.39 is 0 Å². The van der Waals surface area contributed by atoms with Crippen LogP contribution in [0.3, 0.4) is 0 Å². The summed E-state index contributed by atoms with van der Waals surface area (Å²) in [5.41, 5.74) is 0.604. The molecule has 2 aromatic rings. The van der Waals surface area contributed by atoms with Gasteiger partial charge in [0, 0.05) is 5.56 Å². The summed E-state index contributed by atoms with van der Waals surface area (Å²) in [6, 6.07) is 5.58. The fourth-order valence-electron chi connectivity index (χ4n) is 2.78. The molecule has 6 nitrogen and oxygen atoms in total. The summed E-state index contributed by atoms with van der Waals surface area (Å²) in [5.74, 6) is 2.52. The van der Waals surface area contributed by atoms with Gasteiger partial charge in [0.2, 0.25) is 11.7 Å². The molecule has 2 heterocycles. The molecular weight excluding hydrogens is 282 g/mol. The molecule has 0 bridgehead atoms. The van der Waals surface area contributed by atoms with E-state index in [2.05, 4.69) is 22.4 Å². The van der Waals surface area contributed by atoms with Crippen molar-refractivity contribution < 1.29 is 14.0 Å². The third-order valence-electron chi connectivity index (χ3n) is 4.16. The van der Waals surface area contributed by atoms with Gasteiger partial charge in [-0.15, -0.1) is 0 Å². The summed E-state index contributed by atoms with van der Waals surface area (Å²) >= 11 is 0. The van der Waals surface area contributed by atoms with Crippen molar-refractivity contribution in [2.24, 2.45) is 0 Å². The van der Waals surface area contributed by atoms with Crippen LogP contribution in [0.1, 0.15) is 32.1 Å². The minimum absolute atomic E-state index is 0.236. The van der Waals surface area contributed by atoms with Crippen LogP contribution in [0.25, 0.3) is 11.4 Å². The van der Waals surface area contributed by atoms with Crippen LogP contribution in [-0.4, -0.2) is 30.9 Å². The Morgan fingerprint density at radius 1 is 1.18 bits per heavy atom. The largest absolute Gasteiger partial charge is 0.493 e. The van der Waals surface area contributed by atoms with Gasteiger partial charge in [0.05, 0.1) is 19.8 Å². The SMILES string of the molecule is COc1ccc(-c2noc(C3(C)CCCCN3)n2)cc1OC. The number of ether oxygens (including phenoxy) is 2. The van der Waals surface area contributed by atoms with Crippen LogP contribution >= 0.6 is 0 Å². The maximum absolute atomic E-state index is 5.50. The fraction of sp³-hybridized carbons (Fsp3) is 0.500. The highest BCUT2D eigenvalue weighted by Gasteiger charge is 2.34. The monoisotopic (exact) mass is 303 g/mol. The highest BCUT2D eigenvalue weighted by Crippen LogP contribution is 2.33. The normalized spacial score (nSPS) is 21.6. The molecule has 1 saturated heterocycles. The third kappa shape index (κ3) is 2.66. The molecule has 1 atom stereocenters. The number of nitrogens with zero attached hydrogens (tertiary/aromatic N) is 2. The topological polar surface area (TPSA) is 69.4 Å². The molecule has 6 heteroatoms. The van der Waals surface area contributed by atoms with Gasteiger partial charge >= 0.3 is 0 Å². The number of hydrogen-bond donors (Lipinski definition) is 1. The molecule has 1 aliphatic heterocycles. The summed E-state index contributed by atoms with van der Waals surface area (Å²) in [6.45, 7) is 3.09. The number of hydrogen-bond acceptors (Lipinski definition) is 6. The maximum atomic E-state index is 5.50. The second kappa shape index (κ2) is 5.96. The standard InChI is InChI=1S/C16H21N3O3/c1-16(8-4-5-9-17-16)15-18-14(19-22-15)11-6-7-12(20-2)13(10-11)21-3/h6-7,10,17H,4-5,8-9H2,1-3H3. The molecule has 1 N–H and O–H groups in total. The Morgan fingerprint density at radius 3 is 2.68 bits per heavy atom. The van der Waals surface area contributed by atoms with Crippen LogP contribution in [0.4, 0.5) is 0 Å². The first-order chi connectivity index (χ1) is 10.7. The van der Waals surface area contributed by atoms with Crippen LogP contribution in [0.5, 0.6) is 11.5 Å². The number of methoxy groups -OCH3 is 2. The van der Waals surface area contributed by atoms with Crippen LogP contribution in [0.2, 0.25) is 0 Å². The molecule has 0 amide bonds. The Kier molecular flexibility index (Phi) is 4.02. The molecule has 1 aliphatic rings. The van der Waals surface area contributed by atoms with E-state index in [1.807, 2.05) is 18.2 Å². The van der Waals surface area contributed by atoms with E-state index in [9.17, 15) is 0 Å². The lowest BCUT2D eigenvalue weighted by molar-refractivity contribution is 0.207. The van der Waals surface area contributed by atoms with E-state index in [1.165, 1.54) is 6.42 Å². The van der Waals surface area contributed by atoms with Crippen molar-refractivity contribution in [2.45, 2.75) is 31.7 Å². The van der Waals surface area contributed by atoms with Crippen LogP contribution in [-0.2, 0) is 5.54 Å². The first-order valence-electron chi connectivity index (χ1n) is 7.48. The lowest BCUT2D eigenvalue weighted by Crippen LogP contribution is -2.43. The minimum Gasteiger partial charge on any atom is -0.493 e. The smallest absolute Gasteiger partial charge is 0.246 e. The summed E-state index contributed by atoms with van der Waals surface area (Å²) in [7, 11) is 3.22. The molecule has 0 saturated carbocycles. The second-order valence-electron chi connectivity index (χ2n) is 5.71. The predicted octanol–water partition coefficient (Wildman–Crippen LogP) is 2.74. The van der Waals surface area contributed by atoms with Crippen LogP contribution in [0, 0.1) is 0 Å². The quantitative estimate of drug-likeness (QED) is 0.936. The molecule has 1 aromatic carbocycles. The summed E-state index contributed by atoms with van der Waals surface area (Å²) in [4.78, 5) is 4.57. The van der Waals surface area contributed by atoms with Crippen molar-refractivity contribution in [3.05, 3.63) is 24.1 Å². The van der Waals surface area contributed by atoms with Crippen LogP contribution < -0.4 is 14.8 Å². The van der Waals surface area contributed by atoms with Gasteiger partial charge in [0.1, 0.15) is 0 Å². The molecule has 0 radical (unpaired) electrons. The lowest BCUT2D eigenvalue weighted by atomic mass is 9.91. The highest BCUT2D eigenvalue weighted by atomic mass is 16.5. The van der Waals surface area contributed by atoms with Gasteiger partial charge in [-0.2, -0.15) is 4.98 Å². The second-order valence-corrected chi connectivity index (χ2v) is 5.71. The predicted molar refractivity (Wildman–Crippen MR) is 82.0 cm³/mol. The Hall–Kier alpha value is -2.08. The van der Waals surface area contributed by atoms with E-state index in [0.29, 0.717) is 23.2 Å². The van der Waals surface area contributed by atoms with Gasteiger partial charge in [-0.25, -0.2) is 0 Å². The molecule has 0 spiro atoms. The van der Waals surface area contributed by atoms with Gasteiger partial charge in [-0.3, -0.25) is 0 Å². The van der Waals surface area contributed by atoms with Crippen molar-refractivity contribution in [2.75, 3.05) is 20.8 Å². The third-order valence-corrected chi connectivity index (χ3v) is 4.16. The summed E-state index contributed by atoms with van der Waals surface area (Å²) in [6.07, 6.45) is 3.35. The zero-order chi connectivity index (χ0) is 15.6. The minimum atomic E-state index is -0.236. The van der Waals surface area contributed by atoms with E-state index in [0.717, 1.165) is 24.9 Å². The van der Waals surface area contributed by atoms with Crippen molar-refractivity contribution in [3.8, 4) is 22.9 Å². The Balaban J connectivity index is 1.90. The number of benzene rings is 1. The molecule has 118 valence electrons. The molecule has 3 rings (SSSR count). The summed E-state index contributed by atoms with van der Waals surface area (Å²) < 4.78 is 16.1. The van der Waals surface area contributed by atoms with Gasteiger partial charge in [0.15, 0.2) is 11.5 Å². The van der Waals surface area contributed by atoms with Crippen LogP contribution in [0.15, 0.2) is 22.7 Å². The first-order valence-corrected chi connectivity index (χ1v) is 7.48. The molecule has 1 aromatic heterocycles. The van der Waals surface area contributed by atoms with E-state index in [1.54, 1.807) is 14.2 Å². The van der Waals surface area contributed by atoms with E-state index >= 15 is 0 Å². The molecule has 22 heavy (non-hydrogen) atoms. The first kappa shape index (κ1) is 14.8. The number of nitrogens with one attached hydrogen (secondary N) is 1. The zero-order valence-corrected chi connectivity index (χ0v) is 13.2. The van der Waals surface area contributed by atoms with Crippen molar-refractivity contribution in [3.63, 3.8) is 0 Å². The Morgan fingerprint density at radius 2 is 2.00 bits per heavy atom. The van der Waals surface area contributed by atoms with Crippen molar-refractivity contribution in [1.29, 1.82) is 0 Å². The number of piperidine rings is 1. The Labute approximate surface area is 129 Å². The average molecular weight is 303 g/mol. The zero-order valence-electron chi connectivity index (χ0n) is 13.2. The van der Waals surface area contributed by atoms with Gasteiger partial charge < -0.3 is 19.3 Å². The average Bonchev–Trinajstić information content (AvgIpc) is 3.06. The van der Waals surface area contributed by atoms with Crippen molar-refractivity contribution >= 4 is 0 Å². The number of aromatic nitrogens is 2. The highest BCUT2D eigenvalue weighted by molar-refractivity contribution is 5.60. The van der Waals surface area contributed by atoms with Gasteiger partial charge in [-0.1, -0.05) is 5.16 Å². The lowest BCUT2D eigenvalue weighted by Gasteiger charge is -2.31. The molecule has 1 fully saturated rings. The fourth-order valence-corrected chi connectivity index (χ4v) is 2.78. The Bertz CT molecular complexity index is 648. The summed E-state index contributed by atoms with van der Waals surface area (Å²) in [5, 5.41) is 7.59. The number of rotatable bonds is 4. The maximum Gasteiger partial charge on any atom is 0.246 e. The molecular formula is C16H21N3O3. The van der Waals surface area contributed by atoms with Gasteiger partial charge in [-0.05, 0) is 50.9 Å². The van der Waals surface area contributed by atoms with Crippen molar-refractivity contribution in [1.82, 2.24) is 15.5 Å². The molecule has 0 aliphatic carbocycles. The van der Waals surface area contributed by atoms with E-state index in [4.69, 9.17) is 14.0 Å². The molecule has 1 unspecified atom stereocenters. The van der Waals surface area contributed by atoms with E-state index in [-0.39, 0.29) is 5.54 Å².